The van der Waals surface area contributed by atoms with Crippen molar-refractivity contribution >= 4 is 17.6 Å². The van der Waals surface area contributed by atoms with E-state index in [1.807, 2.05) is 86.3 Å². The lowest BCUT2D eigenvalue weighted by molar-refractivity contribution is -0.128. The van der Waals surface area contributed by atoms with Crippen LogP contribution in [0.15, 0.2) is 66.2 Å². The molecule has 0 radical (unpaired) electrons. The normalized spacial score (nSPS) is 14.7. The zero-order valence-electron chi connectivity index (χ0n) is 29.0. The van der Waals surface area contributed by atoms with Gasteiger partial charge in [-0.15, -0.1) is 0 Å². The molecule has 0 saturated heterocycles. The minimum Gasteiger partial charge on any atom is -0.497 e. The standard InChI is InChI=1S/C38H46N2O8/c1-38(2,3)48-37(42)39-14-13-34(27-9-8-10-29(19-27)47-24-26-17-32(45-6)21-33(18-26)46-7)35(23-39)36(41)40(28-11-12-28)22-25-15-30(43-4)20-31(16-25)44-5/h8-10,15-21,28H,11-14,22-24H2,1-7H3. The van der Waals surface area contributed by atoms with E-state index in [0.29, 0.717) is 60.4 Å². The van der Waals surface area contributed by atoms with E-state index in [4.69, 9.17) is 28.4 Å². The number of methoxy groups -OCH3 is 4. The van der Waals surface area contributed by atoms with E-state index in [9.17, 15) is 9.59 Å². The number of rotatable bonds is 12. The molecule has 1 heterocycles. The maximum Gasteiger partial charge on any atom is 0.410 e. The molecule has 10 nitrogen and oxygen atoms in total. The number of ether oxygens (including phenoxy) is 6. The molecule has 3 aromatic carbocycles. The summed E-state index contributed by atoms with van der Waals surface area (Å²) in [7, 11) is 6.44. The molecule has 2 aliphatic rings. The molecular formula is C38H46N2O8. The van der Waals surface area contributed by atoms with Crippen molar-refractivity contribution in [2.45, 2.75) is 64.8 Å². The van der Waals surface area contributed by atoms with Crippen LogP contribution < -0.4 is 23.7 Å². The van der Waals surface area contributed by atoms with Gasteiger partial charge in [-0.05, 0) is 98.7 Å². The number of hydrogen-bond acceptors (Lipinski definition) is 8. The van der Waals surface area contributed by atoms with Crippen LogP contribution in [0.2, 0.25) is 0 Å². The predicted molar refractivity (Wildman–Crippen MR) is 183 cm³/mol. The van der Waals surface area contributed by atoms with Crippen LogP contribution in [0, 0.1) is 0 Å². The molecule has 0 N–H and O–H groups in total. The SMILES string of the molecule is COc1cc(COc2cccc(C3=C(C(=O)N(Cc4cc(OC)cc(OC)c4)C4CC4)CN(C(=O)OC(C)(C)C)CC3)c2)cc(OC)c1. The smallest absolute Gasteiger partial charge is 0.410 e. The van der Waals surface area contributed by atoms with Crippen molar-refractivity contribution in [2.75, 3.05) is 41.5 Å². The molecule has 0 atom stereocenters. The molecule has 0 spiro atoms. The lowest BCUT2D eigenvalue weighted by Crippen LogP contribution is -2.44. The van der Waals surface area contributed by atoms with Gasteiger partial charge < -0.3 is 38.2 Å². The van der Waals surface area contributed by atoms with E-state index in [1.54, 1.807) is 33.3 Å². The summed E-state index contributed by atoms with van der Waals surface area (Å²) in [6, 6.07) is 19.2. The summed E-state index contributed by atoms with van der Waals surface area (Å²) in [5.74, 6) is 3.23. The summed E-state index contributed by atoms with van der Waals surface area (Å²) < 4.78 is 33.7. The highest BCUT2D eigenvalue weighted by molar-refractivity contribution is 6.03. The van der Waals surface area contributed by atoms with Crippen molar-refractivity contribution in [3.63, 3.8) is 0 Å². The predicted octanol–water partition coefficient (Wildman–Crippen LogP) is 6.89. The highest BCUT2D eigenvalue weighted by atomic mass is 16.6. The summed E-state index contributed by atoms with van der Waals surface area (Å²) in [6.45, 7) is 6.77. The Bertz CT molecular complexity index is 1610. The number of amides is 2. The molecule has 1 aliphatic carbocycles. The molecule has 10 heteroatoms. The fourth-order valence-corrected chi connectivity index (χ4v) is 5.73. The van der Waals surface area contributed by atoms with Gasteiger partial charge in [-0.3, -0.25) is 4.79 Å². The largest absolute Gasteiger partial charge is 0.497 e. The maximum absolute atomic E-state index is 14.6. The zero-order chi connectivity index (χ0) is 34.4. The van der Waals surface area contributed by atoms with E-state index in [-0.39, 0.29) is 18.5 Å². The van der Waals surface area contributed by atoms with Crippen LogP contribution in [0.4, 0.5) is 4.79 Å². The third-order valence-corrected chi connectivity index (χ3v) is 8.27. The lowest BCUT2D eigenvalue weighted by Gasteiger charge is -2.34. The van der Waals surface area contributed by atoms with Crippen LogP contribution in [0.3, 0.4) is 0 Å². The number of carbonyl (C=O) groups is 2. The first-order chi connectivity index (χ1) is 23.0. The van der Waals surface area contributed by atoms with Crippen LogP contribution in [0.25, 0.3) is 5.57 Å². The Morgan fingerprint density at radius 1 is 0.792 bits per heavy atom. The molecule has 5 rings (SSSR count). The van der Waals surface area contributed by atoms with Crippen LogP contribution in [-0.2, 0) is 22.7 Å². The van der Waals surface area contributed by atoms with E-state index in [0.717, 1.165) is 35.1 Å². The van der Waals surface area contributed by atoms with Gasteiger partial charge in [0.05, 0.1) is 35.0 Å². The van der Waals surface area contributed by atoms with Crippen LogP contribution >= 0.6 is 0 Å². The van der Waals surface area contributed by atoms with Crippen LogP contribution in [0.5, 0.6) is 28.7 Å². The molecule has 1 saturated carbocycles. The minimum atomic E-state index is -0.658. The topological polar surface area (TPSA) is 96.0 Å². The maximum atomic E-state index is 14.6. The molecule has 1 fully saturated rings. The number of benzene rings is 3. The summed E-state index contributed by atoms with van der Waals surface area (Å²) in [4.78, 5) is 31.4. The van der Waals surface area contributed by atoms with Crippen molar-refractivity contribution < 1.29 is 38.0 Å². The van der Waals surface area contributed by atoms with Crippen LogP contribution in [0.1, 0.15) is 56.7 Å². The van der Waals surface area contributed by atoms with Gasteiger partial charge in [0, 0.05) is 36.8 Å². The molecule has 0 bridgehead atoms. The highest BCUT2D eigenvalue weighted by Gasteiger charge is 2.38. The lowest BCUT2D eigenvalue weighted by atomic mass is 9.92. The van der Waals surface area contributed by atoms with Crippen molar-refractivity contribution in [2.24, 2.45) is 0 Å². The van der Waals surface area contributed by atoms with E-state index < -0.39 is 11.7 Å². The zero-order valence-corrected chi connectivity index (χ0v) is 29.0. The van der Waals surface area contributed by atoms with Crippen molar-refractivity contribution in [1.29, 1.82) is 0 Å². The first-order valence-corrected chi connectivity index (χ1v) is 16.2. The van der Waals surface area contributed by atoms with Crippen molar-refractivity contribution in [1.82, 2.24) is 9.80 Å². The van der Waals surface area contributed by atoms with Crippen molar-refractivity contribution in [3.8, 4) is 28.7 Å². The molecule has 0 aromatic heterocycles. The molecular weight excluding hydrogens is 612 g/mol. The second-order valence-corrected chi connectivity index (χ2v) is 13.0. The third-order valence-electron chi connectivity index (χ3n) is 8.27. The van der Waals surface area contributed by atoms with Crippen molar-refractivity contribution in [3.05, 3.63) is 82.9 Å². The van der Waals surface area contributed by atoms with Gasteiger partial charge in [0.2, 0.25) is 0 Å². The first kappa shape index (κ1) is 34.5. The Kier molecular flexibility index (Phi) is 10.7. The molecule has 48 heavy (non-hydrogen) atoms. The summed E-state index contributed by atoms with van der Waals surface area (Å²) in [5, 5.41) is 0. The monoisotopic (exact) mass is 658 g/mol. The quantitative estimate of drug-likeness (QED) is 0.208. The molecule has 2 amide bonds. The first-order valence-electron chi connectivity index (χ1n) is 16.2. The average molecular weight is 659 g/mol. The van der Waals surface area contributed by atoms with E-state index in [1.165, 1.54) is 0 Å². The van der Waals surface area contributed by atoms with Gasteiger partial charge in [0.1, 0.15) is 41.0 Å². The third kappa shape index (κ3) is 8.73. The molecule has 3 aromatic rings. The van der Waals surface area contributed by atoms with E-state index >= 15 is 0 Å². The van der Waals surface area contributed by atoms with Gasteiger partial charge in [-0.25, -0.2) is 4.79 Å². The Balaban J connectivity index is 1.47. The highest BCUT2D eigenvalue weighted by Crippen LogP contribution is 2.36. The Hall–Kier alpha value is -4.86. The second kappa shape index (κ2) is 14.9. The summed E-state index contributed by atoms with van der Waals surface area (Å²) in [6.07, 6.45) is 1.89. The van der Waals surface area contributed by atoms with Crippen LogP contribution in [-0.4, -0.2) is 75.0 Å². The summed E-state index contributed by atoms with van der Waals surface area (Å²) >= 11 is 0. The number of nitrogens with zero attached hydrogens (tertiary/aromatic N) is 2. The number of hydrogen-bond donors (Lipinski definition) is 0. The Morgan fingerprint density at radius 2 is 1.38 bits per heavy atom. The van der Waals surface area contributed by atoms with Gasteiger partial charge in [0.15, 0.2) is 0 Å². The van der Waals surface area contributed by atoms with E-state index in [2.05, 4.69) is 0 Å². The minimum absolute atomic E-state index is 0.0997. The average Bonchev–Trinajstić information content (AvgIpc) is 3.93. The number of carbonyl (C=O) groups excluding carboxylic acids is 2. The van der Waals surface area contributed by atoms with Gasteiger partial charge in [0.25, 0.3) is 5.91 Å². The molecule has 1 aliphatic heterocycles. The Morgan fingerprint density at radius 3 is 1.92 bits per heavy atom. The Labute approximate surface area is 283 Å². The second-order valence-electron chi connectivity index (χ2n) is 13.0. The molecule has 256 valence electrons. The summed E-state index contributed by atoms with van der Waals surface area (Å²) in [5.41, 5.74) is 3.48. The fourth-order valence-electron chi connectivity index (χ4n) is 5.73. The van der Waals surface area contributed by atoms with Gasteiger partial charge in [-0.1, -0.05) is 12.1 Å². The van der Waals surface area contributed by atoms with Gasteiger partial charge >= 0.3 is 6.09 Å². The fraction of sp³-hybridized carbons (Fsp3) is 0.421. The van der Waals surface area contributed by atoms with Gasteiger partial charge in [-0.2, -0.15) is 0 Å². The molecule has 0 unspecified atom stereocenters.